The van der Waals surface area contributed by atoms with Gasteiger partial charge in [-0.3, -0.25) is 0 Å². The van der Waals surface area contributed by atoms with Crippen molar-refractivity contribution in [2.24, 2.45) is 0 Å². The Morgan fingerprint density at radius 1 is 1.33 bits per heavy atom. The molecule has 0 bridgehead atoms. The van der Waals surface area contributed by atoms with Crippen LogP contribution >= 0.6 is 0 Å². The molecule has 2 rings (SSSR count). The predicted molar refractivity (Wildman–Crippen MR) is 46.7 cm³/mol. The number of nitrogens with zero attached hydrogens (tertiary/aromatic N) is 3. The maximum atomic E-state index is 4.23. The molecule has 0 aliphatic rings. The fourth-order valence-electron chi connectivity index (χ4n) is 1.11. The van der Waals surface area contributed by atoms with Crippen molar-refractivity contribution in [3.05, 3.63) is 34.5 Å². The van der Waals surface area contributed by atoms with E-state index < -0.39 is 0 Å². The van der Waals surface area contributed by atoms with Crippen molar-refractivity contribution >= 4 is 21.2 Å². The molecule has 0 atom stereocenters. The third-order valence-electron chi connectivity index (χ3n) is 1.65. The van der Waals surface area contributed by atoms with Crippen LogP contribution in [0.5, 0.6) is 0 Å². The van der Waals surface area contributed by atoms with Gasteiger partial charge < -0.3 is 0 Å². The van der Waals surface area contributed by atoms with Crippen molar-refractivity contribution in [1.82, 2.24) is 14.4 Å². The second-order valence-corrected chi connectivity index (χ2v) is 3.25. The number of aryl methyl sites for hydroxylation is 1. The van der Waals surface area contributed by atoms with Crippen LogP contribution in [0.15, 0.2) is 24.4 Å². The molecule has 2 heterocycles. The van der Waals surface area contributed by atoms with Crippen LogP contribution in [0.4, 0.5) is 0 Å². The average Bonchev–Trinajstić information content (AvgIpc) is 2.04. The van der Waals surface area contributed by atoms with Gasteiger partial charge in [-0.1, -0.05) is 0 Å². The quantitative estimate of drug-likeness (QED) is 0.618. The summed E-state index contributed by atoms with van der Waals surface area (Å²) >= 11 is 2.80. The van der Waals surface area contributed by atoms with E-state index in [9.17, 15) is 0 Å². The Hall–Kier alpha value is -0.991. The third-order valence-corrected chi connectivity index (χ3v) is 2.04. The van der Waals surface area contributed by atoms with Gasteiger partial charge in [-0.15, -0.1) is 0 Å². The molecule has 0 radical (unpaired) electrons. The fraction of sp³-hybridized carbons (Fsp3) is 0.125. The number of hydrogen-bond acceptors (Lipinski definition) is 2. The van der Waals surface area contributed by atoms with Crippen LogP contribution in [-0.4, -0.2) is 29.9 Å². The Morgan fingerprint density at radius 2 is 2.17 bits per heavy atom. The summed E-state index contributed by atoms with van der Waals surface area (Å²) in [5.41, 5.74) is 0.916. The molecule has 0 aliphatic carbocycles. The van der Waals surface area contributed by atoms with Gasteiger partial charge in [-0.2, -0.15) is 0 Å². The van der Waals surface area contributed by atoms with Gasteiger partial charge in [0.2, 0.25) is 0 Å². The first-order valence-corrected chi connectivity index (χ1v) is 4.45. The molecule has 2 aromatic rings. The van der Waals surface area contributed by atoms with Gasteiger partial charge in [-0.05, 0) is 0 Å². The number of pyridine rings is 1. The summed E-state index contributed by atoms with van der Waals surface area (Å²) in [5, 5.41) is 0. The van der Waals surface area contributed by atoms with Crippen LogP contribution in [0.25, 0.3) is 5.65 Å². The van der Waals surface area contributed by atoms with Crippen LogP contribution in [0, 0.1) is 11.2 Å². The first-order chi connectivity index (χ1) is 5.77. The normalized spacial score (nSPS) is 10.4. The molecule has 0 aliphatic heterocycles. The number of rotatable bonds is 0. The van der Waals surface area contributed by atoms with Gasteiger partial charge in [0.15, 0.2) is 0 Å². The zero-order valence-corrected chi connectivity index (χ0v) is 8.27. The molecule has 0 spiro atoms. The Morgan fingerprint density at radius 3 is 3.00 bits per heavy atom. The molecular formula is C8H7N3Se. The molecular weight excluding hydrogens is 217 g/mol. The summed E-state index contributed by atoms with van der Waals surface area (Å²) in [5.74, 6) is 0.939. The van der Waals surface area contributed by atoms with Crippen LogP contribution < -0.4 is 0 Å². The van der Waals surface area contributed by atoms with Crippen molar-refractivity contribution in [2.75, 3.05) is 0 Å². The summed E-state index contributed by atoms with van der Waals surface area (Å²) in [6.07, 6.45) is 1.95. The number of fused-ring (bicyclic) bond motifs is 1. The minimum absolute atomic E-state index is 0.693. The molecule has 0 saturated carbocycles. The third kappa shape index (κ3) is 1.19. The van der Waals surface area contributed by atoms with E-state index in [4.69, 9.17) is 0 Å². The van der Waals surface area contributed by atoms with Gasteiger partial charge in [0.25, 0.3) is 0 Å². The molecule has 0 aromatic carbocycles. The second-order valence-electron chi connectivity index (χ2n) is 2.48. The maximum absolute atomic E-state index is 4.23. The molecule has 0 unspecified atom stereocenters. The van der Waals surface area contributed by atoms with E-state index in [2.05, 4.69) is 25.5 Å². The summed E-state index contributed by atoms with van der Waals surface area (Å²) in [6.45, 7) is 1.95. The van der Waals surface area contributed by atoms with Gasteiger partial charge in [0.05, 0.1) is 0 Å². The van der Waals surface area contributed by atoms with E-state index in [-0.39, 0.29) is 0 Å². The van der Waals surface area contributed by atoms with E-state index in [1.54, 1.807) is 0 Å². The average molecular weight is 224 g/mol. The topological polar surface area (TPSA) is 30.2 Å². The first-order valence-electron chi connectivity index (χ1n) is 3.59. The Labute approximate surface area is 77.5 Å². The van der Waals surface area contributed by atoms with Gasteiger partial charge in [0, 0.05) is 0 Å². The molecule has 3 nitrogen and oxygen atoms in total. The van der Waals surface area contributed by atoms with Crippen molar-refractivity contribution in [3.8, 4) is 0 Å². The summed E-state index contributed by atoms with van der Waals surface area (Å²) in [6, 6.07) is 5.87. The van der Waals surface area contributed by atoms with Crippen molar-refractivity contribution < 1.29 is 0 Å². The summed E-state index contributed by atoms with van der Waals surface area (Å²) in [7, 11) is 0. The van der Waals surface area contributed by atoms with E-state index in [0.29, 0.717) is 4.32 Å². The van der Waals surface area contributed by atoms with Crippen LogP contribution in [-0.2, 0) is 0 Å². The number of aromatic nitrogens is 3. The molecule has 0 N–H and O–H groups in total. The summed E-state index contributed by atoms with van der Waals surface area (Å²) < 4.78 is 2.64. The zero-order chi connectivity index (χ0) is 8.55. The number of hydrogen-bond donors (Lipinski definition) is 0. The van der Waals surface area contributed by atoms with E-state index >= 15 is 0 Å². The molecule has 12 heavy (non-hydrogen) atoms. The van der Waals surface area contributed by atoms with Gasteiger partial charge >= 0.3 is 77.1 Å². The standard InChI is InChI=1S/C8H7N3Se/c1-6-9-8(12)10-7-4-2-3-5-11(6)7/h2-5H,1H3. The first kappa shape index (κ1) is 7.65. The Kier molecular flexibility index (Phi) is 1.79. The van der Waals surface area contributed by atoms with Crippen molar-refractivity contribution in [3.63, 3.8) is 0 Å². The van der Waals surface area contributed by atoms with Crippen LogP contribution in [0.1, 0.15) is 5.82 Å². The van der Waals surface area contributed by atoms with Crippen LogP contribution in [0.3, 0.4) is 0 Å². The minimum atomic E-state index is 0.693. The van der Waals surface area contributed by atoms with E-state index in [0.717, 1.165) is 11.5 Å². The second kappa shape index (κ2) is 2.81. The molecule has 0 fully saturated rings. The summed E-state index contributed by atoms with van der Waals surface area (Å²) in [4.78, 5) is 8.43. The predicted octanol–water partition coefficient (Wildman–Crippen LogP) is 0.738. The van der Waals surface area contributed by atoms with Crippen molar-refractivity contribution in [1.29, 1.82) is 0 Å². The Bertz CT molecular complexity index is 475. The Balaban J connectivity index is 2.99. The van der Waals surface area contributed by atoms with E-state index in [1.165, 1.54) is 0 Å². The zero-order valence-electron chi connectivity index (χ0n) is 6.56. The monoisotopic (exact) mass is 225 g/mol. The molecule has 60 valence electrons. The van der Waals surface area contributed by atoms with Crippen LogP contribution in [0.2, 0.25) is 0 Å². The molecule has 0 saturated heterocycles. The molecule has 0 amide bonds. The fourth-order valence-corrected chi connectivity index (χ4v) is 1.59. The molecule has 4 heteroatoms. The molecule has 2 aromatic heterocycles. The van der Waals surface area contributed by atoms with Gasteiger partial charge in [-0.25, -0.2) is 0 Å². The van der Waals surface area contributed by atoms with Gasteiger partial charge in [0.1, 0.15) is 0 Å². The van der Waals surface area contributed by atoms with Crippen molar-refractivity contribution in [2.45, 2.75) is 6.92 Å². The van der Waals surface area contributed by atoms with E-state index in [1.807, 2.05) is 35.7 Å². The SMILES string of the molecule is Cc1nc(=[Se])nc2ccccn12.